The van der Waals surface area contributed by atoms with Crippen molar-refractivity contribution in [3.05, 3.63) is 0 Å². The minimum atomic E-state index is 0.173. The predicted molar refractivity (Wildman–Crippen MR) is 86.4 cm³/mol. The summed E-state index contributed by atoms with van der Waals surface area (Å²) in [5.41, 5.74) is 0. The second-order valence-electron chi connectivity index (χ2n) is 5.90. The number of nitrogens with zero attached hydrogens (tertiary/aromatic N) is 2. The normalized spacial score (nSPS) is 23.2. The van der Waals surface area contributed by atoms with Gasteiger partial charge in [0.2, 0.25) is 11.8 Å². The van der Waals surface area contributed by atoms with Crippen LogP contribution in [-0.4, -0.2) is 72.4 Å². The van der Waals surface area contributed by atoms with E-state index < -0.39 is 0 Å². The molecule has 2 heterocycles. The maximum absolute atomic E-state index is 12.2. The zero-order valence-corrected chi connectivity index (χ0v) is 13.8. The molecule has 5 nitrogen and oxygen atoms in total. The molecule has 2 aliphatic rings. The Balaban J connectivity index is 1.65. The second-order valence-corrected chi connectivity index (χ2v) is 6.89. The number of hydrogen-bond donors (Lipinski definition) is 1. The lowest BCUT2D eigenvalue weighted by atomic mass is 10.1. The molecule has 0 aromatic heterocycles. The fraction of sp³-hybridized carbons (Fsp3) is 0.867. The van der Waals surface area contributed by atoms with Gasteiger partial charge in [-0.3, -0.25) is 9.59 Å². The predicted octanol–water partition coefficient (Wildman–Crippen LogP) is 0.943. The van der Waals surface area contributed by atoms with E-state index in [9.17, 15) is 9.59 Å². The Hall–Kier alpha value is -0.750. The van der Waals surface area contributed by atoms with Crippen LogP contribution in [0.4, 0.5) is 0 Å². The first-order valence-electron chi connectivity index (χ1n) is 8.01. The van der Waals surface area contributed by atoms with Crippen LogP contribution in [0, 0.1) is 0 Å². The Kier molecular flexibility index (Phi) is 6.83. The van der Waals surface area contributed by atoms with E-state index in [1.165, 1.54) is 18.2 Å². The van der Waals surface area contributed by atoms with E-state index in [2.05, 4.69) is 5.32 Å². The van der Waals surface area contributed by atoms with Crippen molar-refractivity contribution in [2.75, 3.05) is 44.7 Å². The fourth-order valence-corrected chi connectivity index (χ4v) is 3.81. The Morgan fingerprint density at radius 3 is 2.29 bits per heavy atom. The summed E-state index contributed by atoms with van der Waals surface area (Å²) in [5.74, 6) is 1.23. The topological polar surface area (TPSA) is 52.7 Å². The van der Waals surface area contributed by atoms with Gasteiger partial charge in [0, 0.05) is 32.2 Å². The average molecular weight is 313 g/mol. The molecule has 0 radical (unpaired) electrons. The van der Waals surface area contributed by atoms with Crippen molar-refractivity contribution in [3.8, 4) is 0 Å². The lowest BCUT2D eigenvalue weighted by Crippen LogP contribution is -2.47. The van der Waals surface area contributed by atoms with Gasteiger partial charge in [0.1, 0.15) is 0 Å². The lowest BCUT2D eigenvalue weighted by molar-refractivity contribution is -0.129. The van der Waals surface area contributed by atoms with Gasteiger partial charge in [-0.15, -0.1) is 11.8 Å². The van der Waals surface area contributed by atoms with E-state index in [-0.39, 0.29) is 11.8 Å². The van der Waals surface area contributed by atoms with Gasteiger partial charge in [-0.05, 0) is 39.2 Å². The number of rotatable bonds is 5. The third-order valence-electron chi connectivity index (χ3n) is 4.34. The van der Waals surface area contributed by atoms with E-state index in [0.29, 0.717) is 17.5 Å². The molecular formula is C15H27N3O2S. The van der Waals surface area contributed by atoms with Crippen molar-refractivity contribution in [1.82, 2.24) is 15.1 Å². The maximum atomic E-state index is 12.2. The van der Waals surface area contributed by atoms with Gasteiger partial charge in [0.25, 0.3) is 0 Å². The molecule has 0 aromatic rings. The summed E-state index contributed by atoms with van der Waals surface area (Å²) in [5, 5.41) is 3.24. The molecule has 120 valence electrons. The van der Waals surface area contributed by atoms with E-state index in [4.69, 9.17) is 0 Å². The minimum absolute atomic E-state index is 0.173. The van der Waals surface area contributed by atoms with Crippen molar-refractivity contribution < 1.29 is 9.59 Å². The Bertz CT molecular complexity index is 359. The number of thioether (sulfide) groups is 1. The summed E-state index contributed by atoms with van der Waals surface area (Å²) in [6.45, 7) is 3.44. The number of amides is 2. The largest absolute Gasteiger partial charge is 0.342 e. The highest BCUT2D eigenvalue weighted by Gasteiger charge is 2.23. The van der Waals surface area contributed by atoms with Crippen molar-refractivity contribution in [2.45, 2.75) is 38.1 Å². The van der Waals surface area contributed by atoms with Gasteiger partial charge in [-0.25, -0.2) is 0 Å². The molecule has 21 heavy (non-hydrogen) atoms. The van der Waals surface area contributed by atoms with Crippen LogP contribution in [0.15, 0.2) is 0 Å². The molecule has 0 aliphatic carbocycles. The first-order chi connectivity index (χ1) is 10.2. The molecule has 1 unspecified atom stereocenters. The van der Waals surface area contributed by atoms with Gasteiger partial charge >= 0.3 is 0 Å². The Morgan fingerprint density at radius 2 is 1.62 bits per heavy atom. The second kappa shape index (κ2) is 8.63. The molecule has 2 amide bonds. The summed E-state index contributed by atoms with van der Waals surface area (Å²) in [6, 6.07) is 0.419. The average Bonchev–Trinajstić information content (AvgIpc) is 2.55. The molecule has 2 rings (SSSR count). The summed E-state index contributed by atoms with van der Waals surface area (Å²) in [7, 11) is 1.95. The van der Waals surface area contributed by atoms with E-state index in [0.717, 1.165) is 51.9 Å². The minimum Gasteiger partial charge on any atom is -0.342 e. The van der Waals surface area contributed by atoms with Crippen LogP contribution < -0.4 is 5.32 Å². The quantitative estimate of drug-likeness (QED) is 0.821. The standard InChI is InChI=1S/C15H27N3O2S/c1-16-13-6-5-9-18(10-13)15(20)12-21-11-14(19)17-7-3-2-4-8-17/h13,16H,2-12H2,1H3. The highest BCUT2D eigenvalue weighted by atomic mass is 32.2. The number of piperidine rings is 2. The van der Waals surface area contributed by atoms with Crippen molar-refractivity contribution in [3.63, 3.8) is 0 Å². The molecule has 0 bridgehead atoms. The van der Waals surface area contributed by atoms with Gasteiger partial charge in [-0.2, -0.15) is 0 Å². The number of likely N-dealkylation sites (N-methyl/N-ethyl adjacent to an activating group) is 1. The molecule has 1 N–H and O–H groups in total. The number of nitrogens with one attached hydrogen (secondary N) is 1. The zero-order chi connectivity index (χ0) is 15.1. The number of carbonyl (C=O) groups excluding carboxylic acids is 2. The fourth-order valence-electron chi connectivity index (χ4n) is 2.99. The smallest absolute Gasteiger partial charge is 0.232 e. The van der Waals surface area contributed by atoms with Crippen LogP contribution in [-0.2, 0) is 9.59 Å². The molecule has 2 saturated heterocycles. The first-order valence-corrected chi connectivity index (χ1v) is 9.16. The highest BCUT2D eigenvalue weighted by Crippen LogP contribution is 2.14. The highest BCUT2D eigenvalue weighted by molar-refractivity contribution is 8.00. The van der Waals surface area contributed by atoms with Gasteiger partial charge < -0.3 is 15.1 Å². The number of carbonyl (C=O) groups is 2. The third kappa shape index (κ3) is 5.18. The number of hydrogen-bond acceptors (Lipinski definition) is 4. The molecule has 0 spiro atoms. The number of likely N-dealkylation sites (tertiary alicyclic amines) is 2. The molecule has 1 atom stereocenters. The van der Waals surface area contributed by atoms with Crippen LogP contribution in [0.1, 0.15) is 32.1 Å². The monoisotopic (exact) mass is 313 g/mol. The SMILES string of the molecule is CNC1CCCN(C(=O)CSCC(=O)N2CCCCC2)C1. The molecule has 2 fully saturated rings. The van der Waals surface area contributed by atoms with E-state index in [1.807, 2.05) is 16.8 Å². The van der Waals surface area contributed by atoms with E-state index in [1.54, 1.807) is 0 Å². The van der Waals surface area contributed by atoms with Crippen LogP contribution in [0.3, 0.4) is 0 Å². The molecular weight excluding hydrogens is 286 g/mol. The van der Waals surface area contributed by atoms with E-state index >= 15 is 0 Å². The van der Waals surface area contributed by atoms with Crippen molar-refractivity contribution >= 4 is 23.6 Å². The summed E-state index contributed by atoms with van der Waals surface area (Å²) in [4.78, 5) is 28.1. The van der Waals surface area contributed by atoms with Crippen LogP contribution in [0.2, 0.25) is 0 Å². The summed E-state index contributed by atoms with van der Waals surface area (Å²) < 4.78 is 0. The van der Waals surface area contributed by atoms with Crippen LogP contribution in [0.5, 0.6) is 0 Å². The maximum Gasteiger partial charge on any atom is 0.232 e. The summed E-state index contributed by atoms with van der Waals surface area (Å²) >= 11 is 1.46. The van der Waals surface area contributed by atoms with Crippen molar-refractivity contribution in [2.24, 2.45) is 0 Å². The summed E-state index contributed by atoms with van der Waals surface area (Å²) in [6.07, 6.45) is 5.68. The van der Waals surface area contributed by atoms with Gasteiger partial charge in [0.15, 0.2) is 0 Å². The van der Waals surface area contributed by atoms with Gasteiger partial charge in [-0.1, -0.05) is 0 Å². The third-order valence-corrected chi connectivity index (χ3v) is 5.24. The molecule has 0 aromatic carbocycles. The van der Waals surface area contributed by atoms with Crippen molar-refractivity contribution in [1.29, 1.82) is 0 Å². The first kappa shape index (κ1) is 16.6. The molecule has 6 heteroatoms. The van der Waals surface area contributed by atoms with Crippen LogP contribution in [0.25, 0.3) is 0 Å². The molecule has 2 aliphatic heterocycles. The van der Waals surface area contributed by atoms with Gasteiger partial charge in [0.05, 0.1) is 11.5 Å². The Labute approximate surface area is 131 Å². The Morgan fingerprint density at radius 1 is 1.00 bits per heavy atom. The zero-order valence-electron chi connectivity index (χ0n) is 13.0. The molecule has 0 saturated carbocycles. The van der Waals surface area contributed by atoms with Crippen LogP contribution >= 0.6 is 11.8 Å². The lowest BCUT2D eigenvalue weighted by Gasteiger charge is -2.32.